The van der Waals surface area contributed by atoms with Gasteiger partial charge in [-0.25, -0.2) is 0 Å². The van der Waals surface area contributed by atoms with E-state index in [1.807, 2.05) is 23.9 Å². The Bertz CT molecular complexity index is 312. The van der Waals surface area contributed by atoms with E-state index < -0.39 is 0 Å². The van der Waals surface area contributed by atoms with Crippen molar-refractivity contribution in [2.45, 2.75) is 24.3 Å². The molecule has 0 aromatic heterocycles. The van der Waals surface area contributed by atoms with Crippen LogP contribution < -0.4 is 5.32 Å². The number of benzene rings is 1. The van der Waals surface area contributed by atoms with Gasteiger partial charge in [-0.05, 0) is 23.8 Å². The Morgan fingerprint density at radius 1 is 1.40 bits per heavy atom. The fourth-order valence-electron chi connectivity index (χ4n) is 1.99. The van der Waals surface area contributed by atoms with E-state index in [0.29, 0.717) is 6.04 Å². The fourth-order valence-corrected chi connectivity index (χ4v) is 2.64. The van der Waals surface area contributed by atoms with Crippen molar-refractivity contribution in [3.8, 4) is 0 Å². The lowest BCUT2D eigenvalue weighted by molar-refractivity contribution is 0.282. The van der Waals surface area contributed by atoms with Crippen molar-refractivity contribution >= 4 is 11.8 Å². The quantitative estimate of drug-likeness (QED) is 0.821. The van der Waals surface area contributed by atoms with Crippen LogP contribution in [0.2, 0.25) is 0 Å². The maximum atomic E-state index is 8.95. The van der Waals surface area contributed by atoms with E-state index in [4.69, 9.17) is 5.11 Å². The molecule has 0 spiro atoms. The minimum absolute atomic E-state index is 0.131. The molecular weight excluding hydrogens is 206 g/mol. The van der Waals surface area contributed by atoms with Gasteiger partial charge in [-0.2, -0.15) is 11.8 Å². The number of thioether (sulfide) groups is 1. The summed E-state index contributed by atoms with van der Waals surface area (Å²) in [5.74, 6) is 0. The molecule has 0 amide bonds. The maximum absolute atomic E-state index is 8.95. The Balaban J connectivity index is 2.04. The summed E-state index contributed by atoms with van der Waals surface area (Å²) in [6.45, 7) is 1.24. The molecule has 1 aromatic rings. The van der Waals surface area contributed by atoms with Gasteiger partial charge >= 0.3 is 0 Å². The highest BCUT2D eigenvalue weighted by Gasteiger charge is 2.24. The average molecular weight is 223 g/mol. The highest BCUT2D eigenvalue weighted by atomic mass is 32.2. The molecule has 2 atom stereocenters. The van der Waals surface area contributed by atoms with Gasteiger partial charge in [-0.1, -0.05) is 24.3 Å². The topological polar surface area (TPSA) is 32.3 Å². The minimum Gasteiger partial charge on any atom is -0.392 e. The van der Waals surface area contributed by atoms with Crippen molar-refractivity contribution < 1.29 is 5.11 Å². The standard InChI is InChI=1S/C12H17NOS/c1-15-11-6-12(13-7-11)10-4-2-9(8-14)3-5-10/h2-5,11-14H,6-8H2,1H3. The molecule has 0 radical (unpaired) electrons. The second-order valence-electron chi connectivity index (χ2n) is 3.95. The molecule has 2 unspecified atom stereocenters. The van der Waals surface area contributed by atoms with Crippen LogP contribution in [0.25, 0.3) is 0 Å². The van der Waals surface area contributed by atoms with Gasteiger partial charge in [0.25, 0.3) is 0 Å². The number of aliphatic hydroxyl groups is 1. The van der Waals surface area contributed by atoms with Gasteiger partial charge in [0.1, 0.15) is 0 Å². The second-order valence-corrected chi connectivity index (χ2v) is 5.09. The van der Waals surface area contributed by atoms with Crippen LogP contribution in [0.15, 0.2) is 24.3 Å². The SMILES string of the molecule is CSC1CNC(c2ccc(CO)cc2)C1. The van der Waals surface area contributed by atoms with Crippen LogP contribution in [-0.2, 0) is 6.61 Å². The number of hydrogen-bond acceptors (Lipinski definition) is 3. The zero-order valence-corrected chi connectivity index (χ0v) is 9.76. The van der Waals surface area contributed by atoms with Gasteiger partial charge in [0.15, 0.2) is 0 Å². The van der Waals surface area contributed by atoms with Gasteiger partial charge in [0.05, 0.1) is 6.61 Å². The summed E-state index contributed by atoms with van der Waals surface area (Å²) >= 11 is 1.94. The molecule has 1 heterocycles. The summed E-state index contributed by atoms with van der Waals surface area (Å²) in [4.78, 5) is 0. The van der Waals surface area contributed by atoms with E-state index in [-0.39, 0.29) is 6.61 Å². The van der Waals surface area contributed by atoms with Crippen LogP contribution in [0.3, 0.4) is 0 Å². The summed E-state index contributed by atoms with van der Waals surface area (Å²) in [5.41, 5.74) is 2.32. The van der Waals surface area contributed by atoms with E-state index in [9.17, 15) is 0 Å². The number of rotatable bonds is 3. The summed E-state index contributed by atoms with van der Waals surface area (Å²) < 4.78 is 0. The Hall–Kier alpha value is -0.510. The van der Waals surface area contributed by atoms with Crippen LogP contribution in [0.5, 0.6) is 0 Å². The highest BCUT2D eigenvalue weighted by Crippen LogP contribution is 2.28. The van der Waals surface area contributed by atoms with Crippen LogP contribution in [0.1, 0.15) is 23.6 Å². The molecular formula is C12H17NOS. The molecule has 15 heavy (non-hydrogen) atoms. The zero-order chi connectivity index (χ0) is 10.7. The van der Waals surface area contributed by atoms with E-state index in [1.165, 1.54) is 12.0 Å². The first kappa shape index (κ1) is 11.0. The molecule has 2 N–H and O–H groups in total. The monoisotopic (exact) mass is 223 g/mol. The third kappa shape index (κ3) is 2.54. The molecule has 3 heteroatoms. The molecule has 0 bridgehead atoms. The molecule has 1 saturated heterocycles. The van der Waals surface area contributed by atoms with Gasteiger partial charge in [-0.15, -0.1) is 0 Å². The predicted octanol–water partition coefficient (Wildman–Crippen LogP) is 1.94. The lowest BCUT2D eigenvalue weighted by atomic mass is 10.0. The summed E-state index contributed by atoms with van der Waals surface area (Å²) in [7, 11) is 0. The third-order valence-corrected chi connectivity index (χ3v) is 4.01. The van der Waals surface area contributed by atoms with Gasteiger partial charge in [0, 0.05) is 17.8 Å². The Morgan fingerprint density at radius 2 is 2.13 bits per heavy atom. The number of nitrogens with one attached hydrogen (secondary N) is 1. The fraction of sp³-hybridized carbons (Fsp3) is 0.500. The molecule has 1 aromatic carbocycles. The van der Waals surface area contributed by atoms with Gasteiger partial charge in [0.2, 0.25) is 0 Å². The summed E-state index contributed by atoms with van der Waals surface area (Å²) in [6, 6.07) is 8.74. The van der Waals surface area contributed by atoms with Crippen molar-refractivity contribution in [2.75, 3.05) is 12.8 Å². The molecule has 2 rings (SSSR count). The molecule has 0 aliphatic carbocycles. The van der Waals surface area contributed by atoms with Crippen LogP contribution in [0.4, 0.5) is 0 Å². The van der Waals surface area contributed by atoms with Crippen molar-refractivity contribution in [1.82, 2.24) is 5.32 Å². The first-order valence-corrected chi connectivity index (χ1v) is 6.58. The number of aliphatic hydroxyl groups excluding tert-OH is 1. The van der Waals surface area contributed by atoms with E-state index >= 15 is 0 Å². The second kappa shape index (κ2) is 5.01. The molecule has 2 nitrogen and oxygen atoms in total. The molecule has 0 saturated carbocycles. The maximum Gasteiger partial charge on any atom is 0.0681 e. The van der Waals surface area contributed by atoms with Crippen LogP contribution in [-0.4, -0.2) is 23.2 Å². The van der Waals surface area contributed by atoms with E-state index in [1.54, 1.807) is 0 Å². The molecule has 1 fully saturated rings. The first-order valence-electron chi connectivity index (χ1n) is 5.29. The van der Waals surface area contributed by atoms with Crippen molar-refractivity contribution in [1.29, 1.82) is 0 Å². The summed E-state index contributed by atoms with van der Waals surface area (Å²) in [5, 5.41) is 13.2. The van der Waals surface area contributed by atoms with E-state index in [0.717, 1.165) is 17.4 Å². The molecule has 1 aliphatic heterocycles. The summed E-state index contributed by atoms with van der Waals surface area (Å²) in [6.07, 6.45) is 3.38. The lowest BCUT2D eigenvalue weighted by Gasteiger charge is -2.11. The highest BCUT2D eigenvalue weighted by molar-refractivity contribution is 7.99. The smallest absolute Gasteiger partial charge is 0.0681 e. The van der Waals surface area contributed by atoms with Crippen molar-refractivity contribution in [2.24, 2.45) is 0 Å². The largest absolute Gasteiger partial charge is 0.392 e. The molecule has 82 valence electrons. The Kier molecular flexibility index (Phi) is 3.67. The van der Waals surface area contributed by atoms with Gasteiger partial charge < -0.3 is 10.4 Å². The predicted molar refractivity (Wildman–Crippen MR) is 65.0 cm³/mol. The first-order chi connectivity index (χ1) is 7.33. The van der Waals surface area contributed by atoms with Gasteiger partial charge in [-0.3, -0.25) is 0 Å². The zero-order valence-electron chi connectivity index (χ0n) is 8.94. The normalized spacial score (nSPS) is 25.7. The van der Waals surface area contributed by atoms with Crippen LogP contribution in [0, 0.1) is 0 Å². The Labute approximate surface area is 95.1 Å². The third-order valence-electron chi connectivity index (χ3n) is 2.99. The van der Waals surface area contributed by atoms with E-state index in [2.05, 4.69) is 23.7 Å². The minimum atomic E-state index is 0.131. The number of hydrogen-bond donors (Lipinski definition) is 2. The average Bonchev–Trinajstić information content (AvgIpc) is 2.78. The van der Waals surface area contributed by atoms with Crippen LogP contribution >= 0.6 is 11.8 Å². The van der Waals surface area contributed by atoms with Crippen molar-refractivity contribution in [3.05, 3.63) is 35.4 Å². The molecule has 1 aliphatic rings. The Morgan fingerprint density at radius 3 is 2.67 bits per heavy atom. The van der Waals surface area contributed by atoms with Crippen molar-refractivity contribution in [3.63, 3.8) is 0 Å². The lowest BCUT2D eigenvalue weighted by Crippen LogP contribution is -2.14.